The minimum Gasteiger partial charge on any atom is -0.115 e. The zero-order valence-corrected chi connectivity index (χ0v) is 8.59. The number of terminal acetylenes is 1. The third-order valence-electron chi connectivity index (χ3n) is 1.54. The lowest BCUT2D eigenvalue weighted by Gasteiger charge is -1.97. The maximum atomic E-state index is 5.20. The van der Waals surface area contributed by atoms with E-state index in [1.165, 1.54) is 0 Å². The molecule has 0 spiro atoms. The van der Waals surface area contributed by atoms with Crippen LogP contribution in [-0.4, -0.2) is 0 Å². The fourth-order valence-corrected chi connectivity index (χ4v) is 0.851. The van der Waals surface area contributed by atoms with Crippen LogP contribution in [0, 0.1) is 12.3 Å². The number of hydrogen-bond donors (Lipinski definition) is 0. The van der Waals surface area contributed by atoms with Gasteiger partial charge in [-0.2, -0.15) is 0 Å². The molecule has 0 fully saturated rings. The lowest BCUT2D eigenvalue weighted by molar-refractivity contribution is 1.50. The predicted octanol–water partition coefficient (Wildman–Crippen LogP) is 3.73. The van der Waals surface area contributed by atoms with Crippen LogP contribution in [0.5, 0.6) is 0 Å². The third-order valence-corrected chi connectivity index (χ3v) is 1.54. The maximum absolute atomic E-state index is 5.20. The first-order chi connectivity index (χ1) is 6.24. The first kappa shape index (κ1) is 11.5. The largest absolute Gasteiger partial charge is 0.115 e. The summed E-state index contributed by atoms with van der Waals surface area (Å²) in [6, 6.07) is 7.81. The highest BCUT2D eigenvalue weighted by molar-refractivity contribution is 5.61. The molecule has 0 unspecified atom stereocenters. The number of allylic oxidation sites excluding steroid dienone is 1. The van der Waals surface area contributed by atoms with Gasteiger partial charge in [-0.3, -0.25) is 0 Å². The van der Waals surface area contributed by atoms with Crippen molar-refractivity contribution in [3.8, 4) is 12.3 Å². The van der Waals surface area contributed by atoms with Crippen molar-refractivity contribution in [1.82, 2.24) is 0 Å². The molecule has 0 aliphatic rings. The molecule has 0 atom stereocenters. The SMILES string of the molecule is C#Cc1ccc(C(=C)C)cc1.CC. The average Bonchev–Trinajstić information content (AvgIpc) is 2.21. The molecule has 0 aliphatic carbocycles. The van der Waals surface area contributed by atoms with Gasteiger partial charge in [0.1, 0.15) is 0 Å². The first-order valence-corrected chi connectivity index (χ1v) is 4.46. The Morgan fingerprint density at radius 2 is 1.69 bits per heavy atom. The quantitative estimate of drug-likeness (QED) is 0.566. The molecule has 68 valence electrons. The van der Waals surface area contributed by atoms with Gasteiger partial charge < -0.3 is 0 Å². The van der Waals surface area contributed by atoms with Crippen LogP contribution in [0.25, 0.3) is 5.57 Å². The maximum Gasteiger partial charge on any atom is 0.0243 e. The molecule has 0 bridgehead atoms. The van der Waals surface area contributed by atoms with E-state index in [0.29, 0.717) is 0 Å². The topological polar surface area (TPSA) is 0 Å². The number of benzene rings is 1. The van der Waals surface area contributed by atoms with Gasteiger partial charge in [0, 0.05) is 5.56 Å². The number of hydrogen-bond acceptors (Lipinski definition) is 0. The van der Waals surface area contributed by atoms with E-state index in [0.717, 1.165) is 16.7 Å². The molecular weight excluding hydrogens is 156 g/mol. The lowest BCUT2D eigenvalue weighted by atomic mass is 10.1. The van der Waals surface area contributed by atoms with Crippen molar-refractivity contribution in [2.45, 2.75) is 20.8 Å². The summed E-state index contributed by atoms with van der Waals surface area (Å²) in [5.74, 6) is 2.56. The molecule has 0 amide bonds. The van der Waals surface area contributed by atoms with Crippen LogP contribution < -0.4 is 0 Å². The van der Waals surface area contributed by atoms with E-state index in [2.05, 4.69) is 12.5 Å². The second-order valence-corrected chi connectivity index (χ2v) is 2.50. The summed E-state index contributed by atoms with van der Waals surface area (Å²) >= 11 is 0. The van der Waals surface area contributed by atoms with Gasteiger partial charge in [-0.15, -0.1) is 6.42 Å². The molecule has 0 aliphatic heterocycles. The Bertz CT molecular complexity index is 296. The van der Waals surface area contributed by atoms with Gasteiger partial charge in [0.05, 0.1) is 0 Å². The van der Waals surface area contributed by atoms with Crippen LogP contribution in [0.2, 0.25) is 0 Å². The van der Waals surface area contributed by atoms with Crippen molar-refractivity contribution in [2.75, 3.05) is 0 Å². The Morgan fingerprint density at radius 3 is 2.00 bits per heavy atom. The standard InChI is InChI=1S/C11H10.C2H6/c1-4-10-5-7-11(8-6-10)9(2)3;1-2/h1,5-8H,2H2,3H3;1-2H3. The van der Waals surface area contributed by atoms with E-state index in [4.69, 9.17) is 6.42 Å². The van der Waals surface area contributed by atoms with Gasteiger partial charge in [0.25, 0.3) is 0 Å². The highest BCUT2D eigenvalue weighted by atomic mass is 14.0. The molecule has 13 heavy (non-hydrogen) atoms. The first-order valence-electron chi connectivity index (χ1n) is 4.46. The van der Waals surface area contributed by atoms with Crippen LogP contribution in [0.15, 0.2) is 30.8 Å². The van der Waals surface area contributed by atoms with Crippen molar-refractivity contribution in [1.29, 1.82) is 0 Å². The minimum atomic E-state index is 0.912. The molecule has 0 nitrogen and oxygen atoms in total. The van der Waals surface area contributed by atoms with Crippen LogP contribution in [0.1, 0.15) is 31.9 Å². The van der Waals surface area contributed by atoms with Crippen molar-refractivity contribution in [3.63, 3.8) is 0 Å². The fourth-order valence-electron chi connectivity index (χ4n) is 0.851. The Hall–Kier alpha value is -1.48. The summed E-state index contributed by atoms with van der Waals surface area (Å²) in [6.45, 7) is 9.81. The van der Waals surface area contributed by atoms with Crippen LogP contribution >= 0.6 is 0 Å². The van der Waals surface area contributed by atoms with Crippen molar-refractivity contribution in [2.24, 2.45) is 0 Å². The summed E-state index contributed by atoms with van der Waals surface area (Å²) in [5, 5.41) is 0. The molecule has 0 radical (unpaired) electrons. The van der Waals surface area contributed by atoms with Crippen LogP contribution in [-0.2, 0) is 0 Å². The molecule has 0 saturated heterocycles. The second kappa shape index (κ2) is 6.08. The summed E-state index contributed by atoms with van der Waals surface area (Å²) in [4.78, 5) is 0. The molecule has 1 aromatic carbocycles. The smallest absolute Gasteiger partial charge is 0.0243 e. The Morgan fingerprint density at radius 1 is 1.23 bits per heavy atom. The predicted molar refractivity (Wildman–Crippen MR) is 60.4 cm³/mol. The zero-order chi connectivity index (χ0) is 10.3. The summed E-state index contributed by atoms with van der Waals surface area (Å²) in [6.07, 6.45) is 5.20. The van der Waals surface area contributed by atoms with Crippen LogP contribution in [0.3, 0.4) is 0 Å². The van der Waals surface area contributed by atoms with E-state index in [1.54, 1.807) is 0 Å². The normalized spacial score (nSPS) is 7.85. The van der Waals surface area contributed by atoms with Gasteiger partial charge in [-0.05, 0) is 24.6 Å². The molecular formula is C13H16. The van der Waals surface area contributed by atoms with Gasteiger partial charge in [0.15, 0.2) is 0 Å². The number of rotatable bonds is 1. The molecule has 0 saturated carbocycles. The molecule has 0 heteroatoms. The molecule has 0 N–H and O–H groups in total. The monoisotopic (exact) mass is 172 g/mol. The summed E-state index contributed by atoms with van der Waals surface area (Å²) in [7, 11) is 0. The van der Waals surface area contributed by atoms with Gasteiger partial charge >= 0.3 is 0 Å². The molecule has 0 aromatic heterocycles. The highest BCUT2D eigenvalue weighted by Crippen LogP contribution is 2.11. The molecule has 0 heterocycles. The van der Waals surface area contributed by atoms with Crippen LogP contribution in [0.4, 0.5) is 0 Å². The molecule has 1 aromatic rings. The second-order valence-electron chi connectivity index (χ2n) is 2.50. The Balaban J connectivity index is 0.000000671. The van der Waals surface area contributed by atoms with Crippen molar-refractivity contribution < 1.29 is 0 Å². The third kappa shape index (κ3) is 3.62. The Kier molecular flexibility index (Phi) is 5.39. The lowest BCUT2D eigenvalue weighted by Crippen LogP contribution is -1.78. The van der Waals surface area contributed by atoms with E-state index >= 15 is 0 Å². The van der Waals surface area contributed by atoms with Gasteiger partial charge in [0.2, 0.25) is 0 Å². The zero-order valence-electron chi connectivity index (χ0n) is 8.59. The summed E-state index contributed by atoms with van der Waals surface area (Å²) < 4.78 is 0. The van der Waals surface area contributed by atoms with E-state index in [1.807, 2.05) is 45.0 Å². The fraction of sp³-hybridized carbons (Fsp3) is 0.231. The van der Waals surface area contributed by atoms with E-state index in [-0.39, 0.29) is 0 Å². The molecule has 1 rings (SSSR count). The van der Waals surface area contributed by atoms with E-state index in [9.17, 15) is 0 Å². The van der Waals surface area contributed by atoms with Gasteiger partial charge in [-0.25, -0.2) is 0 Å². The van der Waals surface area contributed by atoms with Crippen molar-refractivity contribution in [3.05, 3.63) is 42.0 Å². The summed E-state index contributed by atoms with van der Waals surface area (Å²) in [5.41, 5.74) is 3.12. The Labute approximate surface area is 81.3 Å². The van der Waals surface area contributed by atoms with E-state index < -0.39 is 0 Å². The van der Waals surface area contributed by atoms with Crippen molar-refractivity contribution >= 4 is 5.57 Å². The average molecular weight is 172 g/mol. The highest BCUT2D eigenvalue weighted by Gasteiger charge is 1.90. The minimum absolute atomic E-state index is 0.912. The van der Waals surface area contributed by atoms with Gasteiger partial charge in [-0.1, -0.05) is 44.1 Å².